The van der Waals surface area contributed by atoms with Gasteiger partial charge in [0.2, 0.25) is 5.91 Å². The molecule has 0 aliphatic carbocycles. The zero-order valence-corrected chi connectivity index (χ0v) is 14.6. The predicted molar refractivity (Wildman–Crippen MR) is 96.7 cm³/mol. The first-order valence-electron chi connectivity index (χ1n) is 7.18. The first-order valence-corrected chi connectivity index (χ1v) is 8.55. The molecule has 2 aromatic carbocycles. The van der Waals surface area contributed by atoms with E-state index in [0.29, 0.717) is 15.6 Å². The Kier molecular flexibility index (Phi) is 6.85. The molecule has 2 amide bonds. The van der Waals surface area contributed by atoms with Gasteiger partial charge in [-0.25, -0.2) is 4.79 Å². The molecule has 0 aromatic heterocycles. The van der Waals surface area contributed by atoms with Crippen LogP contribution in [0.4, 0.5) is 5.69 Å². The van der Waals surface area contributed by atoms with Crippen molar-refractivity contribution in [1.82, 2.24) is 0 Å². The summed E-state index contributed by atoms with van der Waals surface area (Å²) in [6, 6.07) is 13.2. The Bertz CT molecular complexity index is 780. The second kappa shape index (κ2) is 9.10. The highest BCUT2D eigenvalue weighted by Gasteiger charge is 2.15. The number of carbonyl (C=O) groups is 3. The fraction of sp³-hybridized carbons (Fsp3) is 0.118. The van der Waals surface area contributed by atoms with Gasteiger partial charge in [0.1, 0.15) is 0 Å². The van der Waals surface area contributed by atoms with Crippen LogP contribution < -0.4 is 11.1 Å². The molecule has 0 aliphatic rings. The Morgan fingerprint density at radius 3 is 2.44 bits per heavy atom. The van der Waals surface area contributed by atoms with Crippen LogP contribution in [0.25, 0.3) is 0 Å². The molecule has 130 valence electrons. The van der Waals surface area contributed by atoms with E-state index in [9.17, 15) is 14.4 Å². The maximum atomic E-state index is 12.2. The fourth-order valence-corrected chi connectivity index (χ4v) is 2.75. The van der Waals surface area contributed by atoms with Crippen LogP contribution >= 0.6 is 23.4 Å². The molecule has 0 atom stereocenters. The number of hydrogen-bond acceptors (Lipinski definition) is 5. The first kappa shape index (κ1) is 18.8. The Morgan fingerprint density at radius 2 is 1.76 bits per heavy atom. The summed E-state index contributed by atoms with van der Waals surface area (Å²) >= 11 is 6.90. The summed E-state index contributed by atoms with van der Waals surface area (Å²) in [5.74, 6) is -1.58. The van der Waals surface area contributed by atoms with E-state index in [-0.39, 0.29) is 11.3 Å². The van der Waals surface area contributed by atoms with E-state index in [1.807, 2.05) is 0 Å². The summed E-state index contributed by atoms with van der Waals surface area (Å²) in [6.07, 6.45) is 0. The first-order chi connectivity index (χ1) is 12.0. The number of halogens is 1. The zero-order chi connectivity index (χ0) is 18.2. The van der Waals surface area contributed by atoms with Gasteiger partial charge in [-0.15, -0.1) is 11.8 Å². The van der Waals surface area contributed by atoms with Crippen molar-refractivity contribution in [3.63, 3.8) is 0 Å². The van der Waals surface area contributed by atoms with Gasteiger partial charge in [0.15, 0.2) is 6.61 Å². The van der Waals surface area contributed by atoms with Gasteiger partial charge in [-0.1, -0.05) is 23.7 Å². The van der Waals surface area contributed by atoms with Crippen LogP contribution in [0.2, 0.25) is 5.02 Å². The molecule has 0 unspecified atom stereocenters. The lowest BCUT2D eigenvalue weighted by molar-refractivity contribution is -0.119. The highest BCUT2D eigenvalue weighted by atomic mass is 35.5. The van der Waals surface area contributed by atoms with Crippen molar-refractivity contribution in [3.05, 3.63) is 59.1 Å². The smallest absolute Gasteiger partial charge is 0.339 e. The molecule has 8 heteroatoms. The van der Waals surface area contributed by atoms with Gasteiger partial charge in [0, 0.05) is 15.6 Å². The lowest BCUT2D eigenvalue weighted by Gasteiger charge is -2.09. The van der Waals surface area contributed by atoms with Crippen LogP contribution in [-0.4, -0.2) is 30.1 Å². The molecular weight excluding hydrogens is 364 g/mol. The summed E-state index contributed by atoms with van der Waals surface area (Å²) in [7, 11) is 0. The summed E-state index contributed by atoms with van der Waals surface area (Å²) in [4.78, 5) is 35.5. The Balaban J connectivity index is 1.92. The third-order valence-electron chi connectivity index (χ3n) is 2.94. The number of primary amides is 1. The monoisotopic (exact) mass is 378 g/mol. The Hall–Kier alpha value is -2.51. The highest BCUT2D eigenvalue weighted by Crippen LogP contribution is 2.23. The van der Waals surface area contributed by atoms with E-state index in [1.54, 1.807) is 48.5 Å². The number of carbonyl (C=O) groups excluding carboxylic acids is 3. The van der Waals surface area contributed by atoms with E-state index >= 15 is 0 Å². The third-order valence-corrected chi connectivity index (χ3v) is 4.29. The number of amides is 2. The molecule has 25 heavy (non-hydrogen) atoms. The summed E-state index contributed by atoms with van der Waals surface area (Å²) in [5.41, 5.74) is 5.93. The molecule has 2 rings (SSSR count). The maximum Gasteiger partial charge on any atom is 0.339 e. The molecule has 0 heterocycles. The number of hydrogen-bond donors (Lipinski definition) is 2. The third kappa shape index (κ3) is 6.13. The van der Waals surface area contributed by atoms with Gasteiger partial charge < -0.3 is 15.8 Å². The zero-order valence-electron chi connectivity index (χ0n) is 13.0. The predicted octanol–water partition coefficient (Wildman–Crippen LogP) is 2.71. The minimum atomic E-state index is -0.654. The minimum absolute atomic E-state index is 0.0430. The quantitative estimate of drug-likeness (QED) is 0.570. The average molecular weight is 379 g/mol. The van der Waals surface area contributed by atoms with E-state index in [1.165, 1.54) is 0 Å². The molecule has 0 radical (unpaired) electrons. The largest absolute Gasteiger partial charge is 0.452 e. The molecule has 0 saturated heterocycles. The van der Waals surface area contributed by atoms with Crippen LogP contribution in [0.5, 0.6) is 0 Å². The lowest BCUT2D eigenvalue weighted by Crippen LogP contribution is -2.21. The maximum absolute atomic E-state index is 12.2. The van der Waals surface area contributed by atoms with Crippen molar-refractivity contribution in [2.75, 3.05) is 17.7 Å². The summed E-state index contributed by atoms with van der Waals surface area (Å²) < 4.78 is 5.03. The van der Waals surface area contributed by atoms with Gasteiger partial charge in [0.05, 0.1) is 11.3 Å². The van der Waals surface area contributed by atoms with Crippen LogP contribution in [0.1, 0.15) is 10.4 Å². The van der Waals surface area contributed by atoms with Crippen LogP contribution in [0.15, 0.2) is 53.4 Å². The van der Waals surface area contributed by atoms with Crippen LogP contribution in [-0.2, 0) is 14.3 Å². The average Bonchev–Trinajstić information content (AvgIpc) is 2.60. The molecule has 6 nitrogen and oxygen atoms in total. The van der Waals surface area contributed by atoms with Gasteiger partial charge >= 0.3 is 5.97 Å². The molecule has 0 bridgehead atoms. The highest BCUT2D eigenvalue weighted by molar-refractivity contribution is 8.00. The number of nitrogens with one attached hydrogen (secondary N) is 1. The second-order valence-corrected chi connectivity index (χ2v) is 6.34. The SMILES string of the molecule is NC(=O)CSc1ccccc1C(=O)OCC(=O)Nc1ccc(Cl)cc1. The molecule has 0 spiro atoms. The van der Waals surface area contributed by atoms with Crippen molar-refractivity contribution in [1.29, 1.82) is 0 Å². The van der Waals surface area contributed by atoms with Gasteiger partial charge in [-0.3, -0.25) is 9.59 Å². The van der Waals surface area contributed by atoms with Crippen molar-refractivity contribution >= 4 is 46.8 Å². The van der Waals surface area contributed by atoms with E-state index in [4.69, 9.17) is 22.1 Å². The number of anilines is 1. The lowest BCUT2D eigenvalue weighted by atomic mass is 10.2. The minimum Gasteiger partial charge on any atom is -0.452 e. The van der Waals surface area contributed by atoms with Crippen molar-refractivity contribution in [2.24, 2.45) is 5.73 Å². The van der Waals surface area contributed by atoms with Crippen LogP contribution in [0, 0.1) is 0 Å². The second-order valence-electron chi connectivity index (χ2n) is 4.88. The standard InChI is InChI=1S/C17H15ClN2O4S/c18-11-5-7-12(8-6-11)20-16(22)9-24-17(23)13-3-1-2-4-14(13)25-10-15(19)21/h1-8H,9-10H2,(H2,19,21)(H,20,22). The Morgan fingerprint density at radius 1 is 1.08 bits per heavy atom. The number of esters is 1. The van der Waals surface area contributed by atoms with Crippen molar-refractivity contribution in [2.45, 2.75) is 4.90 Å². The topological polar surface area (TPSA) is 98.5 Å². The molecule has 0 saturated carbocycles. The number of benzene rings is 2. The van der Waals surface area contributed by atoms with Crippen molar-refractivity contribution in [3.8, 4) is 0 Å². The van der Waals surface area contributed by atoms with E-state index in [2.05, 4.69) is 5.32 Å². The summed E-state index contributed by atoms with van der Waals surface area (Å²) in [5, 5.41) is 3.14. The molecule has 3 N–H and O–H groups in total. The molecule has 2 aromatic rings. The van der Waals surface area contributed by atoms with E-state index < -0.39 is 24.4 Å². The number of ether oxygens (including phenoxy) is 1. The van der Waals surface area contributed by atoms with E-state index in [0.717, 1.165) is 11.8 Å². The fourth-order valence-electron chi connectivity index (χ4n) is 1.85. The summed E-state index contributed by atoms with van der Waals surface area (Å²) in [6.45, 7) is -0.434. The molecule has 0 aliphatic heterocycles. The van der Waals surface area contributed by atoms with Gasteiger partial charge in [-0.2, -0.15) is 0 Å². The normalized spacial score (nSPS) is 10.1. The van der Waals surface area contributed by atoms with Gasteiger partial charge in [0.25, 0.3) is 5.91 Å². The number of nitrogens with two attached hydrogens (primary N) is 1. The Labute approximate surface area is 153 Å². The van der Waals surface area contributed by atoms with Crippen molar-refractivity contribution < 1.29 is 19.1 Å². The van der Waals surface area contributed by atoms with Crippen LogP contribution in [0.3, 0.4) is 0 Å². The van der Waals surface area contributed by atoms with Gasteiger partial charge in [-0.05, 0) is 36.4 Å². The molecular formula is C17H15ClN2O4S. The molecule has 0 fully saturated rings. The number of thioether (sulfide) groups is 1. The number of rotatable bonds is 7.